The van der Waals surface area contributed by atoms with Crippen molar-refractivity contribution in [3.63, 3.8) is 0 Å². The summed E-state index contributed by atoms with van der Waals surface area (Å²) in [7, 11) is 0. The van der Waals surface area contributed by atoms with Gasteiger partial charge in [0.2, 0.25) is 0 Å². The molecule has 1 heterocycles. The van der Waals surface area contributed by atoms with E-state index in [0.717, 1.165) is 11.0 Å². The Morgan fingerprint density at radius 2 is 1.87 bits per heavy atom. The van der Waals surface area contributed by atoms with Gasteiger partial charge in [-0.3, -0.25) is 9.36 Å². The summed E-state index contributed by atoms with van der Waals surface area (Å²) in [4.78, 5) is 24.9. The number of halogens is 3. The first-order valence-electron chi connectivity index (χ1n) is 6.86. The Morgan fingerprint density at radius 3 is 2.48 bits per heavy atom. The third-order valence-corrected chi connectivity index (χ3v) is 4.03. The zero-order valence-electron chi connectivity index (χ0n) is 11.9. The van der Waals surface area contributed by atoms with Gasteiger partial charge < -0.3 is 0 Å². The molecule has 0 spiro atoms. The molecule has 1 aliphatic carbocycles. The monoisotopic (exact) mass is 509 g/mol. The number of hydrogen-bond donors (Lipinski definition) is 0. The van der Waals surface area contributed by atoms with Crippen molar-refractivity contribution in [3.8, 4) is 5.69 Å². The van der Waals surface area contributed by atoms with Gasteiger partial charge in [0.05, 0.1) is 0 Å². The number of aromatic nitrogens is 2. The second-order valence-corrected chi connectivity index (χ2v) is 5.51. The van der Waals surface area contributed by atoms with Crippen LogP contribution in [0.15, 0.2) is 27.8 Å². The van der Waals surface area contributed by atoms with Gasteiger partial charge in [-0.25, -0.2) is 9.36 Å². The molecule has 0 unspecified atom stereocenters. The number of alkyl halides is 2. The molecule has 122 valence electrons. The molecule has 4 nitrogen and oxygen atoms in total. The van der Waals surface area contributed by atoms with Crippen LogP contribution in [0.3, 0.4) is 0 Å². The Labute approximate surface area is 150 Å². The third kappa shape index (κ3) is 3.20. The number of nitrogens with zero attached hydrogens (tertiary/aromatic N) is 2. The second-order valence-electron chi connectivity index (χ2n) is 5.10. The molecule has 0 radical (unpaired) electrons. The fourth-order valence-electron chi connectivity index (χ4n) is 2.80. The Balaban J connectivity index is 0.00000192. The van der Waals surface area contributed by atoms with Crippen LogP contribution in [0.1, 0.15) is 30.6 Å². The Hall–Kier alpha value is -1.26. The van der Waals surface area contributed by atoms with Gasteiger partial charge in [-0.2, -0.15) is 27.0 Å². The normalized spacial score (nSPS) is 13.6. The zero-order chi connectivity index (χ0) is 15.9. The Bertz CT molecular complexity index is 831. The number of benzene rings is 1. The predicted molar refractivity (Wildman–Crippen MR) is 78.0 cm³/mol. The molecule has 1 aromatic heterocycles. The van der Waals surface area contributed by atoms with Crippen LogP contribution >= 0.6 is 11.6 Å². The quantitative estimate of drug-likeness (QED) is 0.585. The van der Waals surface area contributed by atoms with E-state index in [1.54, 1.807) is 0 Å². The van der Waals surface area contributed by atoms with Crippen LogP contribution in [-0.4, -0.2) is 9.13 Å². The van der Waals surface area contributed by atoms with Gasteiger partial charge in [-0.05, 0) is 25.7 Å². The van der Waals surface area contributed by atoms with E-state index in [-0.39, 0.29) is 32.4 Å². The maximum Gasteiger partial charge on any atom is 0.329 e. The minimum absolute atomic E-state index is 0. The summed E-state index contributed by atoms with van der Waals surface area (Å²) in [6.07, 6.45) is 2.16. The van der Waals surface area contributed by atoms with Crippen molar-refractivity contribution in [2.75, 3.05) is 0 Å². The maximum absolute atomic E-state index is 13.3. The van der Waals surface area contributed by atoms with E-state index < -0.39 is 17.8 Å². The first-order valence-corrected chi connectivity index (χ1v) is 7.23. The van der Waals surface area contributed by atoms with E-state index in [4.69, 9.17) is 11.6 Å². The minimum Gasteiger partial charge on any atom is -0.284 e. The summed E-state index contributed by atoms with van der Waals surface area (Å²) in [6.45, 7) is -2.98. The summed E-state index contributed by atoms with van der Waals surface area (Å²) in [5.41, 5.74) is -0.933. The summed E-state index contributed by atoms with van der Waals surface area (Å²) >= 11 is 5.73. The molecule has 23 heavy (non-hydrogen) atoms. The van der Waals surface area contributed by atoms with Crippen LogP contribution in [0.25, 0.3) is 5.69 Å². The Kier molecular flexibility index (Phi) is 5.58. The molecule has 0 aliphatic heterocycles. The largest absolute Gasteiger partial charge is 0.329 e. The molecule has 0 saturated heterocycles. The van der Waals surface area contributed by atoms with Gasteiger partial charge in [0.1, 0.15) is 0 Å². The van der Waals surface area contributed by atoms with Gasteiger partial charge in [-0.15, -0.1) is 17.7 Å². The number of rotatable bonds is 2. The van der Waals surface area contributed by atoms with Gasteiger partial charge in [0.25, 0.3) is 5.56 Å². The summed E-state index contributed by atoms with van der Waals surface area (Å²) in [5.74, 6) is 0. The fraction of sp³-hybridized carbons (Fsp3) is 0.333. The molecule has 0 saturated carbocycles. The SMILES string of the molecule is O=c1c2c(n(C(F)F)c(=O)n1-c1c[c-]c(Cl)cc1)CCCC2.[W]. The van der Waals surface area contributed by atoms with Crippen molar-refractivity contribution in [2.45, 2.75) is 32.2 Å². The first kappa shape index (κ1) is 18.1. The van der Waals surface area contributed by atoms with Crippen LogP contribution in [-0.2, 0) is 33.9 Å². The van der Waals surface area contributed by atoms with Crippen LogP contribution in [0.4, 0.5) is 8.78 Å². The standard InChI is InChI=1S/C15H12ClF2N2O2.W/c16-9-5-7-10(8-6-9)19-13(21)11-3-1-2-4-12(11)20(14(17)18)15(19)22;/h5,7-8,14H,1-4H2;/q-1;. The van der Waals surface area contributed by atoms with E-state index in [9.17, 15) is 18.4 Å². The fourth-order valence-corrected chi connectivity index (χ4v) is 2.91. The third-order valence-electron chi connectivity index (χ3n) is 3.80. The predicted octanol–water partition coefficient (Wildman–Crippen LogP) is 2.72. The molecule has 0 bridgehead atoms. The van der Waals surface area contributed by atoms with Crippen molar-refractivity contribution in [1.82, 2.24) is 9.13 Å². The van der Waals surface area contributed by atoms with Crippen molar-refractivity contribution in [3.05, 3.63) is 61.4 Å². The van der Waals surface area contributed by atoms with Crippen molar-refractivity contribution < 1.29 is 29.8 Å². The second kappa shape index (κ2) is 7.10. The Morgan fingerprint density at radius 1 is 1.17 bits per heavy atom. The number of hydrogen-bond acceptors (Lipinski definition) is 2. The first-order chi connectivity index (χ1) is 10.5. The zero-order valence-corrected chi connectivity index (χ0v) is 15.6. The summed E-state index contributed by atoms with van der Waals surface area (Å²) < 4.78 is 27.8. The molecule has 1 aliphatic rings. The van der Waals surface area contributed by atoms with Crippen molar-refractivity contribution >= 4 is 11.6 Å². The van der Waals surface area contributed by atoms with Crippen LogP contribution in [0, 0.1) is 6.07 Å². The molecule has 0 atom stereocenters. The van der Waals surface area contributed by atoms with Gasteiger partial charge in [-0.1, -0.05) is 10.7 Å². The van der Waals surface area contributed by atoms with Gasteiger partial charge >= 0.3 is 12.2 Å². The number of fused-ring (bicyclic) bond motifs is 1. The van der Waals surface area contributed by atoms with E-state index in [2.05, 4.69) is 6.07 Å². The molecule has 0 fully saturated rings. The molecular formula is C15H12ClF2N2O2W-. The molecule has 8 heteroatoms. The average Bonchev–Trinajstić information content (AvgIpc) is 2.49. The molecule has 2 aromatic rings. The molecule has 0 N–H and O–H groups in total. The van der Waals surface area contributed by atoms with Crippen molar-refractivity contribution in [1.29, 1.82) is 0 Å². The van der Waals surface area contributed by atoms with Gasteiger partial charge in [0.15, 0.2) is 0 Å². The maximum atomic E-state index is 13.3. The van der Waals surface area contributed by atoms with E-state index in [1.807, 2.05) is 0 Å². The minimum atomic E-state index is -2.98. The molecule has 3 rings (SSSR count). The average molecular weight is 510 g/mol. The van der Waals surface area contributed by atoms with Crippen LogP contribution in [0.2, 0.25) is 5.02 Å². The van der Waals surface area contributed by atoms with E-state index >= 15 is 0 Å². The van der Waals surface area contributed by atoms with Crippen LogP contribution in [0.5, 0.6) is 0 Å². The smallest absolute Gasteiger partial charge is 0.284 e. The van der Waals surface area contributed by atoms with Crippen LogP contribution < -0.4 is 11.2 Å². The molecular weight excluding hydrogens is 497 g/mol. The summed E-state index contributed by atoms with van der Waals surface area (Å²) in [6, 6.07) is 6.89. The summed E-state index contributed by atoms with van der Waals surface area (Å²) in [5, 5.41) is 0.309. The molecule has 0 amide bonds. The van der Waals surface area contributed by atoms with Crippen molar-refractivity contribution in [2.24, 2.45) is 0 Å². The van der Waals surface area contributed by atoms with Gasteiger partial charge in [0, 0.05) is 32.3 Å². The molecule has 1 aromatic carbocycles. The van der Waals surface area contributed by atoms with E-state index in [1.165, 1.54) is 18.2 Å². The van der Waals surface area contributed by atoms with E-state index in [0.29, 0.717) is 34.4 Å². The topological polar surface area (TPSA) is 44.0 Å².